The van der Waals surface area contributed by atoms with Crippen LogP contribution in [-0.4, -0.2) is 39.6 Å². The second-order valence-electron chi connectivity index (χ2n) is 10.5. The zero-order valence-corrected chi connectivity index (χ0v) is 26.5. The quantitative estimate of drug-likeness (QED) is 0.0798. The minimum Gasteiger partial charge on any atom is -0.321 e. The third-order valence-electron chi connectivity index (χ3n) is 7.02. The summed E-state index contributed by atoms with van der Waals surface area (Å²) in [5, 5.41) is 24.3. The largest absolute Gasteiger partial charge is 0.321 e. The molecule has 242 valence electrons. The number of thioether (sulfide) groups is 1. The van der Waals surface area contributed by atoms with Gasteiger partial charge >= 0.3 is 0 Å². The molecule has 1 aliphatic rings. The Morgan fingerprint density at radius 2 is 1.62 bits per heavy atom. The number of hydrogen-bond donors (Lipinski definition) is 3. The number of rotatable bonds is 11. The first-order chi connectivity index (χ1) is 23.2. The predicted molar refractivity (Wildman–Crippen MR) is 184 cm³/mol. The Kier molecular flexibility index (Phi) is 10.7. The monoisotopic (exact) mass is 662 g/mol. The van der Waals surface area contributed by atoms with Crippen molar-refractivity contribution in [1.29, 1.82) is 0 Å². The van der Waals surface area contributed by atoms with E-state index in [9.17, 15) is 29.3 Å². The molecule has 1 unspecified atom stereocenters. The van der Waals surface area contributed by atoms with Gasteiger partial charge in [-0.25, -0.2) is 0 Å². The van der Waals surface area contributed by atoms with Crippen LogP contribution in [0.25, 0.3) is 6.08 Å². The lowest BCUT2D eigenvalue weighted by molar-refractivity contribution is -0.384. The van der Waals surface area contributed by atoms with Crippen molar-refractivity contribution < 1.29 is 24.1 Å². The van der Waals surface area contributed by atoms with Crippen molar-refractivity contribution in [2.75, 3.05) is 10.3 Å². The Morgan fingerprint density at radius 3 is 2.29 bits per heavy atom. The number of hydrazone groups is 1. The van der Waals surface area contributed by atoms with Crippen LogP contribution >= 0.6 is 11.8 Å². The number of nitro groups is 1. The van der Waals surface area contributed by atoms with Crippen LogP contribution in [0.1, 0.15) is 35.7 Å². The van der Waals surface area contributed by atoms with E-state index in [-0.39, 0.29) is 35.5 Å². The molecule has 0 spiro atoms. The summed E-state index contributed by atoms with van der Waals surface area (Å²) in [4.78, 5) is 63.4. The maximum Gasteiger partial charge on any atom is 0.272 e. The van der Waals surface area contributed by atoms with Crippen molar-refractivity contribution in [1.82, 2.24) is 10.6 Å². The number of nitrogens with zero attached hydrogens (tertiary/aromatic N) is 3. The molecule has 0 saturated heterocycles. The van der Waals surface area contributed by atoms with Gasteiger partial charge in [0.15, 0.2) is 0 Å². The number of amides is 4. The fourth-order valence-electron chi connectivity index (χ4n) is 4.63. The number of hydrogen-bond acceptors (Lipinski definition) is 8. The number of nitro benzene ring substituents is 1. The highest BCUT2D eigenvalue weighted by Crippen LogP contribution is 2.28. The molecular formula is C35H30N6O6S. The molecular weight excluding hydrogens is 632 g/mol. The SMILES string of the molecule is CCC(Sc1cccc(NC(=O)/C(=C\c2ccc([N+](=O)[O-])cc2)NC(=O)c2ccccc2)c1)C(=O)NC1=NN(c2ccccc2)C(=O)C1. The van der Waals surface area contributed by atoms with E-state index in [0.29, 0.717) is 33.8 Å². The number of non-ortho nitro benzene ring substituents is 1. The molecule has 5 rings (SSSR count). The van der Waals surface area contributed by atoms with Crippen molar-refractivity contribution in [2.45, 2.75) is 29.9 Å². The fourth-order valence-corrected chi connectivity index (χ4v) is 5.64. The summed E-state index contributed by atoms with van der Waals surface area (Å²) >= 11 is 1.29. The van der Waals surface area contributed by atoms with Crippen molar-refractivity contribution in [2.24, 2.45) is 5.10 Å². The predicted octanol–water partition coefficient (Wildman–Crippen LogP) is 5.74. The molecule has 48 heavy (non-hydrogen) atoms. The lowest BCUT2D eigenvalue weighted by atomic mass is 10.1. The van der Waals surface area contributed by atoms with E-state index in [2.05, 4.69) is 21.1 Å². The molecule has 4 amide bonds. The Labute approximate surface area is 280 Å². The highest BCUT2D eigenvalue weighted by atomic mass is 32.2. The summed E-state index contributed by atoms with van der Waals surface area (Å²) in [5.74, 6) is -1.44. The normalized spacial score (nSPS) is 13.4. The Balaban J connectivity index is 1.28. The number of amidine groups is 1. The molecule has 1 atom stereocenters. The number of anilines is 2. The molecule has 0 aromatic heterocycles. The molecule has 1 heterocycles. The van der Waals surface area contributed by atoms with E-state index < -0.39 is 22.0 Å². The maximum absolute atomic E-state index is 13.5. The lowest BCUT2D eigenvalue weighted by Gasteiger charge is -2.15. The van der Waals surface area contributed by atoms with Gasteiger partial charge in [-0.1, -0.05) is 49.4 Å². The van der Waals surface area contributed by atoms with Gasteiger partial charge in [-0.2, -0.15) is 10.1 Å². The van der Waals surface area contributed by atoms with Crippen LogP contribution in [0.3, 0.4) is 0 Å². The molecule has 0 aliphatic carbocycles. The van der Waals surface area contributed by atoms with E-state index in [1.807, 2.05) is 13.0 Å². The van der Waals surface area contributed by atoms with Crippen molar-refractivity contribution in [3.63, 3.8) is 0 Å². The molecule has 12 nitrogen and oxygen atoms in total. The Hall–Kier alpha value is -6.08. The highest BCUT2D eigenvalue weighted by Gasteiger charge is 2.28. The molecule has 0 fully saturated rings. The Morgan fingerprint density at radius 1 is 0.938 bits per heavy atom. The van der Waals surface area contributed by atoms with Gasteiger partial charge < -0.3 is 16.0 Å². The summed E-state index contributed by atoms with van der Waals surface area (Å²) < 4.78 is 0. The van der Waals surface area contributed by atoms with Crippen LogP contribution in [0, 0.1) is 10.1 Å². The topological polar surface area (TPSA) is 163 Å². The van der Waals surface area contributed by atoms with Crippen LogP contribution in [0.15, 0.2) is 125 Å². The van der Waals surface area contributed by atoms with Crippen LogP contribution in [0.4, 0.5) is 17.1 Å². The molecule has 0 radical (unpaired) electrons. The molecule has 3 N–H and O–H groups in total. The van der Waals surface area contributed by atoms with Gasteiger partial charge in [0.05, 0.1) is 22.3 Å². The first-order valence-electron chi connectivity index (χ1n) is 14.9. The van der Waals surface area contributed by atoms with E-state index in [0.717, 1.165) is 0 Å². The Bertz CT molecular complexity index is 1900. The molecule has 4 aromatic rings. The summed E-state index contributed by atoms with van der Waals surface area (Å²) in [5.41, 5.74) is 1.62. The first kappa shape index (κ1) is 33.3. The van der Waals surface area contributed by atoms with Gasteiger partial charge in [-0.05, 0) is 72.7 Å². The average Bonchev–Trinajstić information content (AvgIpc) is 3.47. The molecule has 0 bridgehead atoms. The van der Waals surface area contributed by atoms with Crippen LogP contribution < -0.4 is 21.0 Å². The summed E-state index contributed by atoms with van der Waals surface area (Å²) in [6.07, 6.45) is 1.87. The van der Waals surface area contributed by atoms with E-state index in [4.69, 9.17) is 0 Å². The van der Waals surface area contributed by atoms with Gasteiger partial charge in [0, 0.05) is 28.3 Å². The third kappa shape index (κ3) is 8.59. The van der Waals surface area contributed by atoms with Crippen molar-refractivity contribution in [3.8, 4) is 0 Å². The summed E-state index contributed by atoms with van der Waals surface area (Å²) in [6.45, 7) is 1.87. The van der Waals surface area contributed by atoms with Crippen molar-refractivity contribution >= 4 is 64.4 Å². The smallest absolute Gasteiger partial charge is 0.272 e. The summed E-state index contributed by atoms with van der Waals surface area (Å²) in [7, 11) is 0. The zero-order chi connectivity index (χ0) is 34.0. The van der Waals surface area contributed by atoms with Gasteiger partial charge in [0.1, 0.15) is 11.5 Å². The fraction of sp³-hybridized carbons (Fsp3) is 0.114. The van der Waals surface area contributed by atoms with E-state index in [1.165, 1.54) is 47.1 Å². The number of carbonyl (C=O) groups excluding carboxylic acids is 4. The van der Waals surface area contributed by atoms with Gasteiger partial charge in [0.25, 0.3) is 23.4 Å². The molecule has 0 saturated carbocycles. The number of benzene rings is 4. The lowest BCUT2D eigenvalue weighted by Crippen LogP contribution is -2.36. The zero-order valence-electron chi connectivity index (χ0n) is 25.7. The second kappa shape index (κ2) is 15.5. The number of nitrogens with one attached hydrogen (secondary N) is 3. The standard InChI is InChI=1S/C35H30N6O6S/c1-2-30(35(45)38-31-22-32(42)40(39-31)26-13-7-4-8-14-26)48-28-15-9-12-25(21-28)36-34(44)29(37-33(43)24-10-5-3-6-11-24)20-23-16-18-27(19-17-23)41(46)47/h3-21,30H,2,22H2,1H3,(H,36,44)(H,37,43)(H,38,39,45)/b29-20+. The number of para-hydroxylation sites is 1. The minimum absolute atomic E-state index is 0.0280. The maximum atomic E-state index is 13.5. The van der Waals surface area contributed by atoms with Crippen LogP contribution in [-0.2, 0) is 14.4 Å². The number of carbonyl (C=O) groups is 4. The third-order valence-corrected chi connectivity index (χ3v) is 8.38. The van der Waals surface area contributed by atoms with Gasteiger partial charge in [-0.15, -0.1) is 11.8 Å². The average molecular weight is 663 g/mol. The first-order valence-corrected chi connectivity index (χ1v) is 15.7. The van der Waals surface area contributed by atoms with Crippen LogP contribution in [0.5, 0.6) is 0 Å². The molecule has 4 aromatic carbocycles. The highest BCUT2D eigenvalue weighted by molar-refractivity contribution is 8.00. The van der Waals surface area contributed by atoms with E-state index in [1.54, 1.807) is 78.9 Å². The van der Waals surface area contributed by atoms with Gasteiger partial charge in [-0.3, -0.25) is 29.3 Å². The molecule has 13 heteroatoms. The summed E-state index contributed by atoms with van der Waals surface area (Å²) in [6, 6.07) is 29.8. The second-order valence-corrected chi connectivity index (χ2v) is 11.8. The minimum atomic E-state index is -0.628. The van der Waals surface area contributed by atoms with Crippen molar-refractivity contribution in [3.05, 3.63) is 136 Å². The van der Waals surface area contributed by atoms with E-state index >= 15 is 0 Å². The van der Waals surface area contributed by atoms with Crippen LogP contribution in [0.2, 0.25) is 0 Å². The molecule has 1 aliphatic heterocycles. The van der Waals surface area contributed by atoms with Gasteiger partial charge in [0.2, 0.25) is 5.91 Å².